The topological polar surface area (TPSA) is 75.4 Å². The van der Waals surface area contributed by atoms with Gasteiger partial charge >= 0.3 is 0 Å². The number of quaternary nitrogens is 1. The van der Waals surface area contributed by atoms with E-state index in [9.17, 15) is 9.59 Å². The first kappa shape index (κ1) is 21.1. The van der Waals surface area contributed by atoms with Crippen LogP contribution in [0.2, 0.25) is 0 Å². The van der Waals surface area contributed by atoms with Crippen LogP contribution in [0.1, 0.15) is 36.4 Å². The summed E-state index contributed by atoms with van der Waals surface area (Å²) in [6, 6.07) is 17.8. The van der Waals surface area contributed by atoms with E-state index in [2.05, 4.69) is 5.32 Å². The lowest BCUT2D eigenvalue weighted by Gasteiger charge is -2.23. The van der Waals surface area contributed by atoms with Crippen LogP contribution < -0.4 is 15.0 Å². The zero-order valence-corrected chi connectivity index (χ0v) is 18.0. The van der Waals surface area contributed by atoms with Gasteiger partial charge in [-0.2, -0.15) is 5.10 Å². The van der Waals surface area contributed by atoms with E-state index in [0.29, 0.717) is 12.5 Å². The van der Waals surface area contributed by atoms with Gasteiger partial charge in [0.05, 0.1) is 25.9 Å². The highest BCUT2D eigenvalue weighted by Gasteiger charge is 2.34. The van der Waals surface area contributed by atoms with Gasteiger partial charge in [0.2, 0.25) is 0 Å². The predicted octanol–water partition coefficient (Wildman–Crippen LogP) is 1.17. The highest BCUT2D eigenvalue weighted by molar-refractivity contribution is 6.03. The van der Waals surface area contributed by atoms with Crippen LogP contribution in [0.4, 0.5) is 0 Å². The fourth-order valence-electron chi connectivity index (χ4n) is 3.81. The third kappa shape index (κ3) is 5.30. The molecule has 162 valence electrons. The van der Waals surface area contributed by atoms with Gasteiger partial charge < -0.3 is 15.0 Å². The van der Waals surface area contributed by atoms with Crippen LogP contribution in [0.5, 0.6) is 5.75 Å². The number of hydrogen-bond acceptors (Lipinski definition) is 4. The van der Waals surface area contributed by atoms with Crippen molar-refractivity contribution in [3.63, 3.8) is 0 Å². The number of rotatable bonds is 8. The summed E-state index contributed by atoms with van der Waals surface area (Å²) < 4.78 is 5.27. The van der Waals surface area contributed by atoms with Crippen LogP contribution >= 0.6 is 0 Å². The van der Waals surface area contributed by atoms with Crippen molar-refractivity contribution >= 4 is 17.5 Å². The molecule has 1 aliphatic carbocycles. The summed E-state index contributed by atoms with van der Waals surface area (Å²) in [5, 5.41) is 9.27. The largest absolute Gasteiger partial charge is 0.497 e. The Balaban J connectivity index is 1.50. The number of benzene rings is 2. The first-order chi connectivity index (χ1) is 15.0. The number of nitrogens with one attached hydrogen (secondary N) is 2. The van der Waals surface area contributed by atoms with E-state index in [1.165, 1.54) is 0 Å². The molecule has 31 heavy (non-hydrogen) atoms. The number of methoxy groups -OCH3 is 1. The second kappa shape index (κ2) is 9.31. The van der Waals surface area contributed by atoms with Gasteiger partial charge in [-0.25, -0.2) is 5.01 Å². The van der Waals surface area contributed by atoms with Crippen LogP contribution in [0.3, 0.4) is 0 Å². The van der Waals surface area contributed by atoms with Crippen LogP contribution in [-0.4, -0.2) is 55.8 Å². The molecule has 2 amide bonds. The first-order valence-corrected chi connectivity index (χ1v) is 10.7. The highest BCUT2D eigenvalue weighted by Crippen LogP contribution is 2.33. The molecule has 0 aromatic heterocycles. The number of likely N-dealkylation sites (N-methyl/N-ethyl adjacent to an activating group) is 1. The molecule has 0 radical (unpaired) electrons. The lowest BCUT2D eigenvalue weighted by atomic mass is 9.98. The van der Waals surface area contributed by atoms with Crippen LogP contribution in [0, 0.1) is 0 Å². The average Bonchev–Trinajstić information content (AvgIpc) is 3.47. The van der Waals surface area contributed by atoms with Crippen molar-refractivity contribution in [2.75, 3.05) is 27.2 Å². The van der Waals surface area contributed by atoms with Crippen molar-refractivity contribution in [2.45, 2.75) is 31.3 Å². The maximum atomic E-state index is 13.2. The summed E-state index contributed by atoms with van der Waals surface area (Å²) in [7, 11) is 3.50. The van der Waals surface area contributed by atoms with E-state index >= 15 is 0 Å². The minimum Gasteiger partial charge on any atom is -0.497 e. The Bertz CT molecular complexity index is 955. The molecule has 4 rings (SSSR count). The Labute approximate surface area is 182 Å². The van der Waals surface area contributed by atoms with E-state index in [-0.39, 0.29) is 30.9 Å². The van der Waals surface area contributed by atoms with Gasteiger partial charge in [0.25, 0.3) is 11.8 Å². The van der Waals surface area contributed by atoms with Gasteiger partial charge in [-0.05, 0) is 36.1 Å². The quantitative estimate of drug-likeness (QED) is 0.672. The number of amides is 2. The van der Waals surface area contributed by atoms with E-state index in [4.69, 9.17) is 9.84 Å². The molecular formula is C24H29N4O3+. The Morgan fingerprint density at radius 1 is 1.10 bits per heavy atom. The molecule has 2 aromatic carbocycles. The molecule has 0 saturated heterocycles. The molecule has 2 aliphatic rings. The third-order valence-corrected chi connectivity index (χ3v) is 5.63. The predicted molar refractivity (Wildman–Crippen MR) is 118 cm³/mol. The van der Waals surface area contributed by atoms with Crippen molar-refractivity contribution in [3.8, 4) is 5.75 Å². The Hall–Kier alpha value is -3.19. The van der Waals surface area contributed by atoms with Gasteiger partial charge in [0.1, 0.15) is 5.75 Å². The molecule has 1 saturated carbocycles. The Kier molecular flexibility index (Phi) is 6.32. The molecule has 1 heterocycles. The zero-order valence-electron chi connectivity index (χ0n) is 18.0. The lowest BCUT2D eigenvalue weighted by Crippen LogP contribution is -3.11. The monoisotopic (exact) mass is 421 g/mol. The minimum atomic E-state index is -0.179. The van der Waals surface area contributed by atoms with Gasteiger partial charge in [-0.15, -0.1) is 0 Å². The minimum absolute atomic E-state index is 0.00518. The average molecular weight is 422 g/mol. The zero-order chi connectivity index (χ0) is 21.8. The number of hydrogen-bond donors (Lipinski definition) is 2. The number of hydrazone groups is 1. The van der Waals surface area contributed by atoms with Crippen molar-refractivity contribution in [1.82, 2.24) is 10.3 Å². The molecular weight excluding hydrogens is 392 g/mol. The van der Waals surface area contributed by atoms with Crippen LogP contribution in [0.15, 0.2) is 59.7 Å². The Morgan fingerprint density at radius 3 is 2.45 bits per heavy atom. The first-order valence-electron chi connectivity index (χ1n) is 10.7. The van der Waals surface area contributed by atoms with E-state index in [1.807, 2.05) is 61.6 Å². The van der Waals surface area contributed by atoms with Crippen LogP contribution in [0.25, 0.3) is 0 Å². The van der Waals surface area contributed by atoms with Crippen molar-refractivity contribution in [3.05, 3.63) is 65.7 Å². The SMILES string of the molecule is COc1ccc([C@@H]2CC(c3ccccc3)=NN2C(=O)C[NH+](C)CC(=O)NC2CC2)cc1. The van der Waals surface area contributed by atoms with E-state index < -0.39 is 0 Å². The molecule has 1 aliphatic heterocycles. The fourth-order valence-corrected chi connectivity index (χ4v) is 3.81. The summed E-state index contributed by atoms with van der Waals surface area (Å²) in [6.45, 7) is 0.481. The number of nitrogens with zero attached hydrogens (tertiary/aromatic N) is 2. The summed E-state index contributed by atoms with van der Waals surface area (Å²) in [5.41, 5.74) is 2.91. The lowest BCUT2D eigenvalue weighted by molar-refractivity contribution is -0.863. The van der Waals surface area contributed by atoms with E-state index in [0.717, 1.165) is 40.3 Å². The standard InChI is InChI=1S/C24H28N4O3/c1-27(15-23(29)25-19-10-11-19)16-24(30)28-22(18-8-12-20(31-2)13-9-18)14-21(26-28)17-6-4-3-5-7-17/h3-9,12-13,19,22H,10-11,14-16H2,1-2H3,(H,25,29)/p+1/t22-/m0/s1. The number of carbonyl (C=O) groups excluding carboxylic acids is 2. The molecule has 1 fully saturated rings. The van der Waals surface area contributed by atoms with Crippen molar-refractivity contribution in [1.29, 1.82) is 0 Å². The molecule has 2 aromatic rings. The molecule has 0 spiro atoms. The molecule has 2 atom stereocenters. The molecule has 1 unspecified atom stereocenters. The smallest absolute Gasteiger partial charge is 0.298 e. The summed E-state index contributed by atoms with van der Waals surface area (Å²) in [4.78, 5) is 26.1. The molecule has 7 heteroatoms. The molecule has 7 nitrogen and oxygen atoms in total. The maximum absolute atomic E-state index is 13.2. The second-order valence-corrected chi connectivity index (χ2v) is 8.30. The Morgan fingerprint density at radius 2 is 1.81 bits per heavy atom. The van der Waals surface area contributed by atoms with Crippen molar-refractivity contribution in [2.24, 2.45) is 5.10 Å². The highest BCUT2D eigenvalue weighted by atomic mass is 16.5. The maximum Gasteiger partial charge on any atom is 0.298 e. The third-order valence-electron chi connectivity index (χ3n) is 5.63. The van der Waals surface area contributed by atoms with Crippen LogP contribution in [-0.2, 0) is 9.59 Å². The van der Waals surface area contributed by atoms with Crippen molar-refractivity contribution < 1.29 is 19.2 Å². The van der Waals surface area contributed by atoms with Gasteiger partial charge in [0.15, 0.2) is 13.1 Å². The number of ether oxygens (including phenoxy) is 1. The van der Waals surface area contributed by atoms with Gasteiger partial charge in [0, 0.05) is 12.5 Å². The molecule has 0 bridgehead atoms. The molecule has 2 N–H and O–H groups in total. The van der Waals surface area contributed by atoms with Gasteiger partial charge in [-0.3, -0.25) is 9.59 Å². The number of carbonyl (C=O) groups is 2. The summed E-state index contributed by atoms with van der Waals surface area (Å²) in [6.07, 6.45) is 2.75. The second-order valence-electron chi connectivity index (χ2n) is 8.30. The van der Waals surface area contributed by atoms with E-state index in [1.54, 1.807) is 12.1 Å². The normalized spacial score (nSPS) is 19.0. The summed E-state index contributed by atoms with van der Waals surface area (Å²) in [5.74, 6) is 0.674. The fraction of sp³-hybridized carbons (Fsp3) is 0.375. The van der Waals surface area contributed by atoms with Gasteiger partial charge in [-0.1, -0.05) is 42.5 Å². The summed E-state index contributed by atoms with van der Waals surface area (Å²) >= 11 is 0.